The largest absolute Gasteiger partial charge is 0.356 e. The zero-order chi connectivity index (χ0) is 37.3. The molecule has 0 bridgehead atoms. The second kappa shape index (κ2) is 14.4. The molecule has 0 saturated carbocycles. The number of nitrogens with one attached hydrogen (secondary N) is 1. The lowest BCUT2D eigenvalue weighted by Crippen LogP contribution is -2.00. The molecule has 1 N–H and O–H groups in total. The first-order valence-electron chi connectivity index (χ1n) is 19.2. The van der Waals surface area contributed by atoms with Crippen molar-refractivity contribution in [3.8, 4) is 61.3 Å². The number of hydrogen-bond donors (Lipinski definition) is 1. The standard InChI is InChI=1S/C54H38N2/c1-7-19-39(20-8-1)49-50(40-21-9-2-10-22-40)52(42-25-13-4-14-26-42)54-53(51(49)41-23-11-3-12-24-41)47-37-43(33-36-48(47)56(54)46-29-17-6-18-30-46)38-31-34-45(35-32-38)55-44-27-15-5-16-28-44/h1-37,55H. The first-order chi connectivity index (χ1) is 27.8. The van der Waals surface area contributed by atoms with Gasteiger partial charge in [0.25, 0.3) is 0 Å². The van der Waals surface area contributed by atoms with Gasteiger partial charge in [-0.2, -0.15) is 0 Å². The summed E-state index contributed by atoms with van der Waals surface area (Å²) in [5.41, 5.74) is 17.5. The van der Waals surface area contributed by atoms with Crippen LogP contribution in [0.5, 0.6) is 0 Å². The summed E-state index contributed by atoms with van der Waals surface area (Å²) in [7, 11) is 0. The van der Waals surface area contributed by atoms with Gasteiger partial charge in [-0.25, -0.2) is 0 Å². The zero-order valence-corrected chi connectivity index (χ0v) is 30.8. The molecule has 1 aromatic heterocycles. The number of aromatic nitrogens is 1. The molecule has 0 aliphatic carbocycles. The molecule has 2 heteroatoms. The maximum Gasteiger partial charge on any atom is 0.0632 e. The molecule has 0 atom stereocenters. The summed E-state index contributed by atoms with van der Waals surface area (Å²) in [6.45, 7) is 0. The molecular weight excluding hydrogens is 677 g/mol. The van der Waals surface area contributed by atoms with Gasteiger partial charge in [0.05, 0.1) is 11.0 Å². The molecule has 9 aromatic carbocycles. The van der Waals surface area contributed by atoms with Crippen LogP contribution >= 0.6 is 0 Å². The molecule has 0 amide bonds. The molecule has 56 heavy (non-hydrogen) atoms. The van der Waals surface area contributed by atoms with E-state index >= 15 is 0 Å². The Morgan fingerprint density at radius 2 is 0.714 bits per heavy atom. The first-order valence-corrected chi connectivity index (χ1v) is 19.2. The Hall–Kier alpha value is -7.42. The van der Waals surface area contributed by atoms with Crippen molar-refractivity contribution < 1.29 is 0 Å². The van der Waals surface area contributed by atoms with Crippen LogP contribution in [0, 0.1) is 0 Å². The van der Waals surface area contributed by atoms with E-state index in [1.165, 1.54) is 71.9 Å². The van der Waals surface area contributed by atoms with Crippen LogP contribution in [0.2, 0.25) is 0 Å². The molecule has 1 heterocycles. The van der Waals surface area contributed by atoms with Gasteiger partial charge >= 0.3 is 0 Å². The van der Waals surface area contributed by atoms with Gasteiger partial charge in [0.1, 0.15) is 0 Å². The summed E-state index contributed by atoms with van der Waals surface area (Å²) in [6, 6.07) is 80.8. The van der Waals surface area contributed by atoms with Gasteiger partial charge in [0.2, 0.25) is 0 Å². The lowest BCUT2D eigenvalue weighted by Gasteiger charge is -2.24. The third-order valence-electron chi connectivity index (χ3n) is 10.7. The molecule has 10 aromatic rings. The summed E-state index contributed by atoms with van der Waals surface area (Å²) < 4.78 is 2.50. The van der Waals surface area contributed by atoms with E-state index in [4.69, 9.17) is 0 Å². The zero-order valence-electron chi connectivity index (χ0n) is 30.8. The SMILES string of the molecule is c1ccc(Nc2ccc(-c3ccc4c(c3)c3c(-c5ccccc5)c(-c5ccccc5)c(-c5ccccc5)c(-c5ccccc5)c3n4-c3ccccc3)cc2)cc1. The van der Waals surface area contributed by atoms with Crippen molar-refractivity contribution >= 4 is 33.2 Å². The van der Waals surface area contributed by atoms with E-state index in [-0.39, 0.29) is 0 Å². The van der Waals surface area contributed by atoms with E-state index in [2.05, 4.69) is 228 Å². The predicted molar refractivity (Wildman–Crippen MR) is 238 cm³/mol. The molecule has 0 aliphatic heterocycles. The minimum absolute atomic E-state index is 1.06. The van der Waals surface area contributed by atoms with Gasteiger partial charge in [-0.1, -0.05) is 176 Å². The molecule has 0 radical (unpaired) electrons. The number of anilines is 2. The Morgan fingerprint density at radius 1 is 0.304 bits per heavy atom. The minimum atomic E-state index is 1.06. The summed E-state index contributed by atoms with van der Waals surface area (Å²) in [6.07, 6.45) is 0. The van der Waals surface area contributed by atoms with E-state index in [1.54, 1.807) is 0 Å². The molecule has 264 valence electrons. The van der Waals surface area contributed by atoms with Gasteiger partial charge in [0, 0.05) is 44.5 Å². The van der Waals surface area contributed by atoms with Gasteiger partial charge in [-0.3, -0.25) is 0 Å². The van der Waals surface area contributed by atoms with E-state index in [1.807, 2.05) is 6.07 Å². The normalized spacial score (nSPS) is 11.2. The molecule has 0 fully saturated rings. The molecular formula is C54H38N2. The van der Waals surface area contributed by atoms with Crippen LogP contribution in [0.25, 0.3) is 83.1 Å². The number of rotatable bonds is 8. The Morgan fingerprint density at radius 3 is 1.25 bits per heavy atom. The molecule has 0 saturated heterocycles. The summed E-state index contributed by atoms with van der Waals surface area (Å²) in [4.78, 5) is 0. The second-order valence-electron chi connectivity index (χ2n) is 14.2. The topological polar surface area (TPSA) is 17.0 Å². The summed E-state index contributed by atoms with van der Waals surface area (Å²) >= 11 is 0. The fourth-order valence-electron chi connectivity index (χ4n) is 8.30. The molecule has 2 nitrogen and oxygen atoms in total. The van der Waals surface area contributed by atoms with Crippen LogP contribution < -0.4 is 5.32 Å². The third kappa shape index (κ3) is 5.95. The highest BCUT2D eigenvalue weighted by molar-refractivity contribution is 6.26. The second-order valence-corrected chi connectivity index (χ2v) is 14.2. The fourth-order valence-corrected chi connectivity index (χ4v) is 8.30. The Kier molecular flexibility index (Phi) is 8.55. The number of fused-ring (bicyclic) bond motifs is 3. The molecule has 0 spiro atoms. The Balaban J connectivity index is 1.37. The van der Waals surface area contributed by atoms with Crippen LogP contribution in [0.1, 0.15) is 0 Å². The van der Waals surface area contributed by atoms with Crippen molar-refractivity contribution in [3.05, 3.63) is 224 Å². The maximum atomic E-state index is 3.54. The maximum absolute atomic E-state index is 3.54. The van der Waals surface area contributed by atoms with E-state index < -0.39 is 0 Å². The van der Waals surface area contributed by atoms with Gasteiger partial charge in [-0.05, 0) is 87.5 Å². The molecule has 10 rings (SSSR count). The Bertz CT molecular complexity index is 2920. The lowest BCUT2D eigenvalue weighted by atomic mass is 9.80. The van der Waals surface area contributed by atoms with Crippen molar-refractivity contribution in [3.63, 3.8) is 0 Å². The molecule has 0 aliphatic rings. The first kappa shape index (κ1) is 33.2. The highest BCUT2D eigenvalue weighted by Crippen LogP contribution is 2.54. The predicted octanol–water partition coefficient (Wildman–Crippen LogP) is 14.9. The summed E-state index contributed by atoms with van der Waals surface area (Å²) in [5.74, 6) is 0. The number of benzene rings is 9. The van der Waals surface area contributed by atoms with Crippen molar-refractivity contribution in [1.82, 2.24) is 4.57 Å². The lowest BCUT2D eigenvalue weighted by molar-refractivity contribution is 1.18. The quantitative estimate of drug-likeness (QED) is 0.166. The van der Waals surface area contributed by atoms with Gasteiger partial charge < -0.3 is 9.88 Å². The highest BCUT2D eigenvalue weighted by Gasteiger charge is 2.29. The van der Waals surface area contributed by atoms with Crippen molar-refractivity contribution in [2.45, 2.75) is 0 Å². The van der Waals surface area contributed by atoms with Crippen LogP contribution in [0.3, 0.4) is 0 Å². The number of nitrogens with zero attached hydrogens (tertiary/aromatic N) is 1. The van der Waals surface area contributed by atoms with Crippen molar-refractivity contribution in [2.24, 2.45) is 0 Å². The van der Waals surface area contributed by atoms with Crippen LogP contribution in [0.4, 0.5) is 11.4 Å². The Labute approximate surface area is 327 Å². The van der Waals surface area contributed by atoms with Crippen LogP contribution in [0.15, 0.2) is 224 Å². The van der Waals surface area contributed by atoms with E-state index in [0.717, 1.165) is 22.6 Å². The number of para-hydroxylation sites is 2. The van der Waals surface area contributed by atoms with Crippen molar-refractivity contribution in [1.29, 1.82) is 0 Å². The van der Waals surface area contributed by atoms with E-state index in [9.17, 15) is 0 Å². The average molecular weight is 715 g/mol. The third-order valence-corrected chi connectivity index (χ3v) is 10.7. The fraction of sp³-hybridized carbons (Fsp3) is 0. The van der Waals surface area contributed by atoms with Gasteiger partial charge in [0.15, 0.2) is 0 Å². The smallest absolute Gasteiger partial charge is 0.0632 e. The van der Waals surface area contributed by atoms with E-state index in [0.29, 0.717) is 0 Å². The average Bonchev–Trinajstić information content (AvgIpc) is 3.62. The van der Waals surface area contributed by atoms with Crippen LogP contribution in [-0.2, 0) is 0 Å². The minimum Gasteiger partial charge on any atom is -0.356 e. The van der Waals surface area contributed by atoms with Crippen molar-refractivity contribution in [2.75, 3.05) is 5.32 Å². The van der Waals surface area contributed by atoms with Gasteiger partial charge in [-0.15, -0.1) is 0 Å². The monoisotopic (exact) mass is 714 g/mol. The summed E-state index contributed by atoms with van der Waals surface area (Å²) in [5, 5.41) is 5.98. The highest BCUT2D eigenvalue weighted by atomic mass is 15.0. The number of hydrogen-bond acceptors (Lipinski definition) is 1. The van der Waals surface area contributed by atoms with Crippen LogP contribution in [-0.4, -0.2) is 4.57 Å². The molecule has 0 unspecified atom stereocenters.